The van der Waals surface area contributed by atoms with Gasteiger partial charge in [-0.15, -0.1) is 0 Å². The minimum atomic E-state index is -0.686. The number of para-hydroxylation sites is 1. The third-order valence-corrected chi connectivity index (χ3v) is 6.28. The maximum absolute atomic E-state index is 10.5. The first kappa shape index (κ1) is 20.1. The van der Waals surface area contributed by atoms with Crippen molar-refractivity contribution in [3.8, 4) is 5.75 Å². The maximum Gasteiger partial charge on any atom is 0.158 e. The second kappa shape index (κ2) is 9.55. The molecular formula is C22H32O6. The Hall–Kier alpha value is -1.18. The fraction of sp³-hybridized carbons (Fsp3) is 0.727. The Morgan fingerprint density at radius 2 is 1.96 bits per heavy atom. The monoisotopic (exact) mass is 392 g/mol. The lowest BCUT2D eigenvalue weighted by Crippen LogP contribution is -2.32. The Balaban J connectivity index is 1.33. The molecule has 0 spiro atoms. The molecule has 2 aliphatic heterocycles. The lowest BCUT2D eigenvalue weighted by atomic mass is 9.87. The third kappa shape index (κ3) is 5.05. The second-order valence-corrected chi connectivity index (χ2v) is 8.25. The molecule has 2 saturated heterocycles. The summed E-state index contributed by atoms with van der Waals surface area (Å²) in [6, 6.07) is 9.76. The highest BCUT2D eigenvalue weighted by Gasteiger charge is 2.48. The molecule has 0 amide bonds. The van der Waals surface area contributed by atoms with Gasteiger partial charge in [0.1, 0.15) is 12.4 Å². The van der Waals surface area contributed by atoms with Gasteiger partial charge < -0.3 is 29.2 Å². The van der Waals surface area contributed by atoms with Crippen molar-refractivity contribution in [1.29, 1.82) is 0 Å². The zero-order valence-electron chi connectivity index (χ0n) is 16.3. The highest BCUT2D eigenvalue weighted by atomic mass is 16.7. The van der Waals surface area contributed by atoms with Crippen LogP contribution in [0.1, 0.15) is 44.9 Å². The number of aliphatic hydroxyl groups is 2. The Labute approximate surface area is 166 Å². The van der Waals surface area contributed by atoms with Gasteiger partial charge in [-0.2, -0.15) is 0 Å². The minimum Gasteiger partial charge on any atom is -0.491 e. The van der Waals surface area contributed by atoms with Gasteiger partial charge in [-0.1, -0.05) is 18.2 Å². The van der Waals surface area contributed by atoms with Gasteiger partial charge in [-0.05, 0) is 56.1 Å². The van der Waals surface area contributed by atoms with E-state index in [1.807, 2.05) is 30.3 Å². The molecule has 2 unspecified atom stereocenters. The van der Waals surface area contributed by atoms with E-state index in [9.17, 15) is 10.2 Å². The van der Waals surface area contributed by atoms with Gasteiger partial charge in [0, 0.05) is 19.4 Å². The van der Waals surface area contributed by atoms with Gasteiger partial charge in [-0.3, -0.25) is 0 Å². The Morgan fingerprint density at radius 1 is 1.11 bits per heavy atom. The molecule has 0 bridgehead atoms. The average Bonchev–Trinajstić information content (AvgIpc) is 3.20. The van der Waals surface area contributed by atoms with Crippen LogP contribution in [-0.2, 0) is 14.2 Å². The second-order valence-electron chi connectivity index (χ2n) is 8.25. The van der Waals surface area contributed by atoms with E-state index in [0.717, 1.165) is 44.5 Å². The molecule has 6 heteroatoms. The van der Waals surface area contributed by atoms with Gasteiger partial charge in [0.2, 0.25) is 0 Å². The van der Waals surface area contributed by atoms with Crippen LogP contribution in [0.3, 0.4) is 0 Å². The van der Waals surface area contributed by atoms with E-state index in [4.69, 9.17) is 18.9 Å². The zero-order chi connectivity index (χ0) is 19.3. The van der Waals surface area contributed by atoms with E-state index in [1.54, 1.807) is 0 Å². The van der Waals surface area contributed by atoms with Crippen molar-refractivity contribution in [3.05, 3.63) is 30.3 Å². The van der Waals surface area contributed by atoms with E-state index in [2.05, 4.69) is 0 Å². The third-order valence-electron chi connectivity index (χ3n) is 6.28. The summed E-state index contributed by atoms with van der Waals surface area (Å²) in [6.45, 7) is 1.21. The van der Waals surface area contributed by atoms with Gasteiger partial charge in [0.25, 0.3) is 0 Å². The van der Waals surface area contributed by atoms with Gasteiger partial charge >= 0.3 is 0 Å². The molecule has 6 nitrogen and oxygen atoms in total. The van der Waals surface area contributed by atoms with E-state index in [1.165, 1.54) is 0 Å². The normalized spacial score (nSPS) is 36.2. The van der Waals surface area contributed by atoms with Crippen molar-refractivity contribution in [2.75, 3.05) is 13.2 Å². The number of ether oxygens (including phenoxy) is 4. The molecule has 1 aromatic carbocycles. The maximum atomic E-state index is 10.5. The fourth-order valence-corrected chi connectivity index (χ4v) is 4.84. The van der Waals surface area contributed by atoms with Crippen LogP contribution in [0.4, 0.5) is 0 Å². The number of fused-ring (bicyclic) bond motifs is 1. The van der Waals surface area contributed by atoms with Crippen LogP contribution >= 0.6 is 0 Å². The Morgan fingerprint density at radius 3 is 2.75 bits per heavy atom. The lowest BCUT2D eigenvalue weighted by Gasteiger charge is -2.29. The smallest absolute Gasteiger partial charge is 0.158 e. The van der Waals surface area contributed by atoms with Crippen molar-refractivity contribution < 1.29 is 29.2 Å². The number of hydrogen-bond donors (Lipinski definition) is 2. The molecule has 28 heavy (non-hydrogen) atoms. The first-order valence-electron chi connectivity index (χ1n) is 10.7. The molecular weight excluding hydrogens is 360 g/mol. The lowest BCUT2D eigenvalue weighted by molar-refractivity contribution is -0.195. The summed E-state index contributed by atoms with van der Waals surface area (Å²) in [4.78, 5) is 0. The largest absolute Gasteiger partial charge is 0.491 e. The predicted molar refractivity (Wildman–Crippen MR) is 103 cm³/mol. The summed E-state index contributed by atoms with van der Waals surface area (Å²) in [7, 11) is 0. The standard InChI is InChI=1S/C22H32O6/c23-19-13-20-18(12-21(24)28-20)17(19)10-9-16(27-22-8-4-5-11-25-22)14-26-15-6-2-1-3-7-15/h1-3,6-7,16-24H,4-5,8-14H2/t16-,17+,18+,19+,20-,21?,22?/m0/s1. The zero-order valence-corrected chi connectivity index (χ0v) is 16.3. The van der Waals surface area contributed by atoms with Crippen molar-refractivity contribution >= 4 is 0 Å². The summed E-state index contributed by atoms with van der Waals surface area (Å²) in [6.07, 6.45) is 4.63. The first-order valence-corrected chi connectivity index (χ1v) is 10.7. The van der Waals surface area contributed by atoms with Crippen LogP contribution in [-0.4, -0.2) is 54.3 Å². The van der Waals surface area contributed by atoms with Gasteiger partial charge in [0.15, 0.2) is 12.6 Å². The number of rotatable bonds is 8. The Bertz CT molecular complexity index is 590. The SMILES string of the molecule is OC1C[C@@H]2[C@@H](CC[C@@H](COc3ccccc3)OC3CCCCO3)[C@H](O)C[C@@H]2O1. The quantitative estimate of drug-likeness (QED) is 0.708. The molecule has 156 valence electrons. The molecule has 3 aliphatic rings. The highest BCUT2D eigenvalue weighted by Crippen LogP contribution is 2.45. The summed E-state index contributed by atoms with van der Waals surface area (Å²) >= 11 is 0. The van der Waals surface area contributed by atoms with Crippen LogP contribution in [0.5, 0.6) is 5.75 Å². The molecule has 1 saturated carbocycles. The predicted octanol–water partition coefficient (Wildman–Crippen LogP) is 2.86. The molecule has 1 aliphatic carbocycles. The minimum absolute atomic E-state index is 0.0170. The molecule has 1 aromatic rings. The van der Waals surface area contributed by atoms with E-state index >= 15 is 0 Å². The van der Waals surface area contributed by atoms with Gasteiger partial charge in [0.05, 0.1) is 18.3 Å². The van der Waals surface area contributed by atoms with Gasteiger partial charge in [-0.25, -0.2) is 0 Å². The molecule has 0 radical (unpaired) electrons. The molecule has 3 fully saturated rings. The summed E-state index contributed by atoms with van der Waals surface area (Å²) in [5, 5.41) is 20.2. The molecule has 2 N–H and O–H groups in total. The topological polar surface area (TPSA) is 77.4 Å². The molecule has 7 atom stereocenters. The van der Waals surface area contributed by atoms with Crippen molar-refractivity contribution in [2.45, 2.75) is 75.8 Å². The van der Waals surface area contributed by atoms with Crippen LogP contribution in [0.25, 0.3) is 0 Å². The number of hydrogen-bond acceptors (Lipinski definition) is 6. The first-order chi connectivity index (χ1) is 13.7. The number of aliphatic hydroxyl groups excluding tert-OH is 2. The number of benzene rings is 1. The summed E-state index contributed by atoms with van der Waals surface area (Å²) < 4.78 is 23.5. The average molecular weight is 392 g/mol. The van der Waals surface area contributed by atoms with E-state index in [-0.39, 0.29) is 36.4 Å². The van der Waals surface area contributed by atoms with E-state index < -0.39 is 6.29 Å². The van der Waals surface area contributed by atoms with E-state index in [0.29, 0.717) is 19.4 Å². The molecule has 0 aromatic heterocycles. The van der Waals surface area contributed by atoms with Crippen LogP contribution in [0.2, 0.25) is 0 Å². The van der Waals surface area contributed by atoms with Crippen molar-refractivity contribution in [1.82, 2.24) is 0 Å². The van der Waals surface area contributed by atoms with Crippen LogP contribution < -0.4 is 4.74 Å². The van der Waals surface area contributed by atoms with Crippen LogP contribution in [0, 0.1) is 11.8 Å². The Kier molecular flexibility index (Phi) is 6.86. The van der Waals surface area contributed by atoms with Crippen molar-refractivity contribution in [2.24, 2.45) is 11.8 Å². The molecule has 4 rings (SSSR count). The molecule has 2 heterocycles. The summed E-state index contributed by atoms with van der Waals surface area (Å²) in [5.74, 6) is 1.19. The summed E-state index contributed by atoms with van der Waals surface area (Å²) in [5.41, 5.74) is 0. The van der Waals surface area contributed by atoms with Crippen LogP contribution in [0.15, 0.2) is 30.3 Å². The fourth-order valence-electron chi connectivity index (χ4n) is 4.84. The van der Waals surface area contributed by atoms with Crippen molar-refractivity contribution in [3.63, 3.8) is 0 Å². The highest BCUT2D eigenvalue weighted by molar-refractivity contribution is 5.20.